The largest absolute Gasteiger partial charge is 0.463 e. The van der Waals surface area contributed by atoms with Crippen LogP contribution >= 0.6 is 11.3 Å². The molecule has 2 saturated carbocycles. The Morgan fingerprint density at radius 2 is 1.94 bits per heavy atom. The number of nitrogen functional groups attached to an aromatic ring is 1. The predicted molar refractivity (Wildman–Crippen MR) is 184 cm³/mol. The summed E-state index contributed by atoms with van der Waals surface area (Å²) in [5.41, 5.74) is 6.42. The number of anilines is 2. The highest BCUT2D eigenvalue weighted by atomic mass is 32.1. The van der Waals surface area contributed by atoms with Crippen LogP contribution in [0.5, 0.6) is 6.01 Å². The zero-order chi connectivity index (χ0) is 34.0. The van der Waals surface area contributed by atoms with Gasteiger partial charge in [0.15, 0.2) is 5.82 Å². The molecule has 0 spiro atoms. The molecule has 2 aliphatic carbocycles. The molecule has 2 atom stereocenters. The summed E-state index contributed by atoms with van der Waals surface area (Å²) in [7, 11) is 6.14. The van der Waals surface area contributed by atoms with Crippen LogP contribution in [0.2, 0.25) is 0 Å². The first-order valence-electron chi connectivity index (χ1n) is 16.6. The van der Waals surface area contributed by atoms with Crippen molar-refractivity contribution in [2.75, 3.05) is 64.6 Å². The van der Waals surface area contributed by atoms with E-state index in [0.29, 0.717) is 37.0 Å². The maximum atomic E-state index is 16.8. The van der Waals surface area contributed by atoms with Crippen LogP contribution in [0, 0.1) is 28.4 Å². The van der Waals surface area contributed by atoms with Gasteiger partial charge in [-0.2, -0.15) is 15.2 Å². The van der Waals surface area contributed by atoms with Crippen molar-refractivity contribution < 1.29 is 18.3 Å². The predicted octanol–water partition coefficient (Wildman–Crippen LogP) is 5.83. The van der Waals surface area contributed by atoms with Crippen LogP contribution in [0.4, 0.5) is 19.6 Å². The van der Waals surface area contributed by atoms with Crippen LogP contribution in [-0.4, -0.2) is 96.4 Å². The minimum absolute atomic E-state index is 0.0185. The van der Waals surface area contributed by atoms with Gasteiger partial charge < -0.3 is 25.0 Å². The highest BCUT2D eigenvalue weighted by molar-refractivity contribution is 7.23. The SMILES string of the molecule is C[C@@H]1CN(CC2(COc3nc(N(C)CC4(N(C)C)CCC4)c4cnc(-c5ccc(F)c6sc(N)c(C#N)c56)c(F)c4n3)CC2)[C@@H](C)CO1. The maximum absolute atomic E-state index is 16.8. The van der Waals surface area contributed by atoms with Gasteiger partial charge in [-0.25, -0.2) is 8.78 Å². The molecule has 0 amide bonds. The van der Waals surface area contributed by atoms with Gasteiger partial charge in [0.25, 0.3) is 0 Å². The maximum Gasteiger partial charge on any atom is 0.319 e. The van der Waals surface area contributed by atoms with E-state index < -0.39 is 11.6 Å². The summed E-state index contributed by atoms with van der Waals surface area (Å²) in [6.07, 6.45) is 7.07. The van der Waals surface area contributed by atoms with E-state index in [0.717, 1.165) is 56.5 Å². The number of pyridine rings is 1. The van der Waals surface area contributed by atoms with E-state index in [1.165, 1.54) is 12.1 Å². The van der Waals surface area contributed by atoms with Crippen LogP contribution in [0.3, 0.4) is 0 Å². The van der Waals surface area contributed by atoms with Crippen LogP contribution in [0.25, 0.3) is 32.2 Å². The molecule has 2 N–H and O–H groups in total. The summed E-state index contributed by atoms with van der Waals surface area (Å²) in [5, 5.41) is 10.7. The number of benzene rings is 1. The number of fused-ring (bicyclic) bond motifs is 2. The first kappa shape index (κ1) is 32.8. The normalized spacial score (nSPS) is 21.7. The van der Waals surface area contributed by atoms with Gasteiger partial charge >= 0.3 is 6.01 Å². The topological polar surface area (TPSA) is 117 Å². The molecule has 0 bridgehead atoms. The first-order chi connectivity index (χ1) is 22.9. The van der Waals surface area contributed by atoms with Gasteiger partial charge in [0.2, 0.25) is 0 Å². The molecular formula is C35H42F2N8O2S. The van der Waals surface area contributed by atoms with Crippen molar-refractivity contribution in [3.05, 3.63) is 35.5 Å². The van der Waals surface area contributed by atoms with Crippen molar-refractivity contribution in [1.29, 1.82) is 5.26 Å². The van der Waals surface area contributed by atoms with Gasteiger partial charge in [-0.05, 0) is 72.2 Å². The molecule has 0 unspecified atom stereocenters. The number of thiophene rings is 1. The average Bonchev–Trinajstić information content (AvgIpc) is 3.72. The van der Waals surface area contributed by atoms with Gasteiger partial charge in [0.05, 0.1) is 35.0 Å². The lowest BCUT2D eigenvalue weighted by Gasteiger charge is -2.49. The number of likely N-dealkylation sites (N-methyl/N-ethyl adjacent to an activating group) is 2. The summed E-state index contributed by atoms with van der Waals surface area (Å²) in [6, 6.07) is 5.17. The fraction of sp³-hybridized carbons (Fsp3) is 0.543. The van der Waals surface area contributed by atoms with Gasteiger partial charge in [0, 0.05) is 60.8 Å². The number of aromatic nitrogens is 3. The summed E-state index contributed by atoms with van der Waals surface area (Å²) in [4.78, 5) is 20.8. The zero-order valence-corrected chi connectivity index (χ0v) is 29.0. The van der Waals surface area contributed by atoms with E-state index in [1.54, 1.807) is 6.20 Å². The number of nitrogens with two attached hydrogens (primary N) is 1. The standard InChI is InChI=1S/C35H42F2N8O2S/c1-20-16-46-21(2)15-45(20)17-34(11-12-34)19-47-33-41-29-24(32(42-33)44(5)18-35(43(3)4)9-6-10-35)14-40-28(27(29)37)22-7-8-25(36)30-26(22)23(13-38)31(39)48-30/h7-8,14,20-21H,6,9-12,15-19,39H2,1-5H3/t20-,21+/m0/s1. The van der Waals surface area contributed by atoms with E-state index in [-0.39, 0.29) is 60.5 Å². The number of hydrogen-bond acceptors (Lipinski definition) is 11. The molecule has 3 aromatic heterocycles. The Hall–Kier alpha value is -3.70. The summed E-state index contributed by atoms with van der Waals surface area (Å²) in [6.45, 7) is 7.86. The Kier molecular flexibility index (Phi) is 8.43. The van der Waals surface area contributed by atoms with Crippen LogP contribution < -0.4 is 15.4 Å². The van der Waals surface area contributed by atoms with E-state index in [9.17, 15) is 9.65 Å². The third kappa shape index (κ3) is 5.72. The second kappa shape index (κ2) is 12.3. The van der Waals surface area contributed by atoms with E-state index in [4.69, 9.17) is 20.2 Å². The monoisotopic (exact) mass is 676 g/mol. The smallest absolute Gasteiger partial charge is 0.319 e. The number of morpholine rings is 1. The number of nitrogens with zero attached hydrogens (tertiary/aromatic N) is 7. The average molecular weight is 677 g/mol. The minimum Gasteiger partial charge on any atom is -0.463 e. The molecule has 1 aromatic carbocycles. The molecule has 254 valence electrons. The number of halogens is 2. The summed E-state index contributed by atoms with van der Waals surface area (Å²) in [5.74, 6) is -0.696. The third-order valence-electron chi connectivity index (χ3n) is 10.7. The molecule has 1 saturated heterocycles. The molecule has 3 aliphatic rings. The van der Waals surface area contributed by atoms with E-state index in [2.05, 4.69) is 53.8 Å². The molecule has 4 heterocycles. The van der Waals surface area contributed by atoms with Crippen molar-refractivity contribution in [2.24, 2.45) is 5.41 Å². The first-order valence-corrected chi connectivity index (χ1v) is 17.4. The van der Waals surface area contributed by atoms with Gasteiger partial charge in [-0.1, -0.05) is 0 Å². The Bertz CT molecular complexity index is 1920. The fourth-order valence-electron chi connectivity index (χ4n) is 7.28. The van der Waals surface area contributed by atoms with Crippen molar-refractivity contribution in [3.8, 4) is 23.3 Å². The highest BCUT2D eigenvalue weighted by Gasteiger charge is 2.46. The van der Waals surface area contributed by atoms with Crippen LogP contribution in [-0.2, 0) is 4.74 Å². The number of ether oxygens (including phenoxy) is 2. The Labute approximate surface area is 283 Å². The number of hydrogen-bond donors (Lipinski definition) is 1. The Morgan fingerprint density at radius 1 is 1.17 bits per heavy atom. The van der Waals surface area contributed by atoms with Crippen molar-refractivity contribution in [2.45, 2.75) is 63.6 Å². The second-order valence-corrected chi connectivity index (χ2v) is 15.4. The van der Waals surface area contributed by atoms with Gasteiger partial charge in [0.1, 0.15) is 33.9 Å². The number of rotatable bonds is 10. The van der Waals surface area contributed by atoms with Crippen molar-refractivity contribution >= 4 is 43.1 Å². The lowest BCUT2D eigenvalue weighted by atomic mass is 9.75. The molecular weight excluding hydrogens is 635 g/mol. The van der Waals surface area contributed by atoms with Crippen molar-refractivity contribution in [3.63, 3.8) is 0 Å². The Balaban J connectivity index is 1.29. The zero-order valence-electron chi connectivity index (χ0n) is 28.1. The number of nitriles is 1. The van der Waals surface area contributed by atoms with Gasteiger partial charge in [-0.15, -0.1) is 11.3 Å². The third-order valence-corrected chi connectivity index (χ3v) is 11.7. The fourth-order valence-corrected chi connectivity index (χ4v) is 8.23. The molecule has 7 rings (SSSR count). The summed E-state index contributed by atoms with van der Waals surface area (Å²) < 4.78 is 44.0. The molecule has 1 aliphatic heterocycles. The van der Waals surface area contributed by atoms with Crippen LogP contribution in [0.1, 0.15) is 51.5 Å². The molecule has 13 heteroatoms. The lowest BCUT2D eigenvalue weighted by Crippen LogP contribution is -2.56. The quantitative estimate of drug-likeness (QED) is 0.220. The molecule has 10 nitrogen and oxygen atoms in total. The van der Waals surface area contributed by atoms with Crippen LogP contribution in [0.15, 0.2) is 18.3 Å². The lowest BCUT2D eigenvalue weighted by molar-refractivity contribution is -0.0580. The second-order valence-electron chi connectivity index (χ2n) is 14.3. The Morgan fingerprint density at radius 3 is 2.60 bits per heavy atom. The highest BCUT2D eigenvalue weighted by Crippen LogP contribution is 2.48. The molecule has 0 radical (unpaired) electrons. The summed E-state index contributed by atoms with van der Waals surface area (Å²) >= 11 is 0.963. The molecule has 3 fully saturated rings. The molecule has 48 heavy (non-hydrogen) atoms. The van der Waals surface area contributed by atoms with Crippen molar-refractivity contribution in [1.82, 2.24) is 24.8 Å². The molecule has 4 aromatic rings. The van der Waals surface area contributed by atoms with Gasteiger partial charge in [-0.3, -0.25) is 9.88 Å². The van der Waals surface area contributed by atoms with E-state index >= 15 is 4.39 Å². The minimum atomic E-state index is -0.695. The van der Waals surface area contributed by atoms with E-state index in [1.807, 2.05) is 11.9 Å².